The smallest absolute Gasteiger partial charge is 0.0234 e. The van der Waals surface area contributed by atoms with Gasteiger partial charge in [-0.1, -0.05) is 44.7 Å². The van der Waals surface area contributed by atoms with E-state index in [1.807, 2.05) is 11.8 Å². The largest absolute Gasteiger partial charge is 0.390 e. The minimum atomic E-state index is 0.261. The van der Waals surface area contributed by atoms with Crippen molar-refractivity contribution < 1.29 is 0 Å². The molecule has 0 radical (unpaired) electrons. The first-order valence-corrected chi connectivity index (χ1v) is 10.1. The Bertz CT molecular complexity index is 696. The van der Waals surface area contributed by atoms with Gasteiger partial charge in [0, 0.05) is 24.2 Å². The number of hydrogen-bond donors (Lipinski definition) is 1. The van der Waals surface area contributed by atoms with Gasteiger partial charge in [0.25, 0.3) is 0 Å². The van der Waals surface area contributed by atoms with Gasteiger partial charge in [0.2, 0.25) is 0 Å². The van der Waals surface area contributed by atoms with E-state index in [2.05, 4.69) is 88.4 Å². The van der Waals surface area contributed by atoms with E-state index in [9.17, 15) is 0 Å². The second kappa shape index (κ2) is 8.29. The van der Waals surface area contributed by atoms with Gasteiger partial charge < -0.3 is 10.2 Å². The van der Waals surface area contributed by atoms with Crippen LogP contribution in [0, 0.1) is 5.41 Å². The van der Waals surface area contributed by atoms with Crippen molar-refractivity contribution >= 4 is 16.7 Å². The minimum Gasteiger partial charge on any atom is -0.390 e. The van der Waals surface area contributed by atoms with Crippen molar-refractivity contribution in [3.63, 3.8) is 0 Å². The van der Waals surface area contributed by atoms with Crippen molar-refractivity contribution in [3.8, 4) is 0 Å². The number of benzene rings is 1. The van der Waals surface area contributed by atoms with Gasteiger partial charge in [-0.15, -0.1) is 11.8 Å². The van der Waals surface area contributed by atoms with E-state index in [1.54, 1.807) is 0 Å². The average molecular weight is 357 g/mol. The second-order valence-corrected chi connectivity index (χ2v) is 8.79. The van der Waals surface area contributed by atoms with Crippen LogP contribution in [0.15, 0.2) is 53.8 Å². The monoisotopic (exact) mass is 356 g/mol. The first-order valence-electron chi connectivity index (χ1n) is 8.85. The molecule has 136 valence electrons. The van der Waals surface area contributed by atoms with E-state index in [-0.39, 0.29) is 5.41 Å². The number of rotatable bonds is 6. The van der Waals surface area contributed by atoms with Crippen molar-refractivity contribution in [2.24, 2.45) is 5.41 Å². The number of nitrogens with zero attached hydrogens (tertiary/aromatic N) is 1. The molecule has 0 saturated carbocycles. The zero-order chi connectivity index (χ0) is 18.6. The Labute approximate surface area is 158 Å². The first-order chi connectivity index (χ1) is 11.7. The molecule has 0 bridgehead atoms. The Morgan fingerprint density at radius 2 is 1.96 bits per heavy atom. The Morgan fingerprint density at radius 3 is 2.52 bits per heavy atom. The van der Waals surface area contributed by atoms with Crippen LogP contribution in [0.5, 0.6) is 0 Å². The maximum absolute atomic E-state index is 4.31. The van der Waals surface area contributed by atoms with Crippen LogP contribution >= 0.6 is 11.8 Å². The molecule has 0 aromatic heterocycles. The fraction of sp³-hybridized carbons (Fsp3) is 0.455. The lowest BCUT2D eigenvalue weighted by Crippen LogP contribution is -2.31. The molecule has 0 aliphatic carbocycles. The van der Waals surface area contributed by atoms with Gasteiger partial charge in [-0.3, -0.25) is 0 Å². The SMILES string of the molecule is C=C(C)/C(C1=CNCC(C)(C)C1)=C(/SC)c1ccccc1CN(C)C. The fourth-order valence-electron chi connectivity index (χ4n) is 3.42. The summed E-state index contributed by atoms with van der Waals surface area (Å²) in [5, 5.41) is 3.48. The molecule has 1 N–H and O–H groups in total. The zero-order valence-corrected chi connectivity index (χ0v) is 17.4. The van der Waals surface area contributed by atoms with Crippen molar-refractivity contribution in [1.82, 2.24) is 10.2 Å². The molecule has 0 atom stereocenters. The van der Waals surface area contributed by atoms with E-state index in [4.69, 9.17) is 0 Å². The van der Waals surface area contributed by atoms with Gasteiger partial charge in [-0.2, -0.15) is 0 Å². The molecule has 1 heterocycles. The van der Waals surface area contributed by atoms with Crippen LogP contribution in [0.4, 0.5) is 0 Å². The molecule has 2 nitrogen and oxygen atoms in total. The maximum Gasteiger partial charge on any atom is 0.0234 e. The van der Waals surface area contributed by atoms with E-state index in [1.165, 1.54) is 27.2 Å². The molecule has 25 heavy (non-hydrogen) atoms. The van der Waals surface area contributed by atoms with Gasteiger partial charge in [-0.25, -0.2) is 0 Å². The standard InChI is InChI=1S/C22H32N2S/c1-16(2)20(18-12-22(3,4)15-23-13-18)21(25-7)19-11-9-8-10-17(19)14-24(5)6/h8-11,13,23H,1,12,14-15H2,2-7H3/b21-20-. The molecule has 1 aliphatic rings. The second-order valence-electron chi connectivity index (χ2n) is 7.97. The summed E-state index contributed by atoms with van der Waals surface area (Å²) < 4.78 is 0. The highest BCUT2D eigenvalue weighted by atomic mass is 32.2. The topological polar surface area (TPSA) is 15.3 Å². The normalized spacial score (nSPS) is 17.6. The summed E-state index contributed by atoms with van der Waals surface area (Å²) in [4.78, 5) is 3.55. The summed E-state index contributed by atoms with van der Waals surface area (Å²) in [5.41, 5.74) is 6.75. The van der Waals surface area contributed by atoms with E-state index < -0.39 is 0 Å². The summed E-state index contributed by atoms with van der Waals surface area (Å²) in [6.45, 7) is 13.0. The number of hydrogen-bond acceptors (Lipinski definition) is 3. The molecular formula is C22H32N2S. The van der Waals surface area contributed by atoms with Gasteiger partial charge in [0.05, 0.1) is 0 Å². The van der Waals surface area contributed by atoms with Crippen LogP contribution in [-0.4, -0.2) is 31.8 Å². The van der Waals surface area contributed by atoms with Crippen LogP contribution in [0.2, 0.25) is 0 Å². The predicted octanol–water partition coefficient (Wildman–Crippen LogP) is 5.30. The van der Waals surface area contributed by atoms with Crippen molar-refractivity contribution in [1.29, 1.82) is 0 Å². The lowest BCUT2D eigenvalue weighted by molar-refractivity contribution is 0.340. The number of allylic oxidation sites excluding steroid dienone is 3. The Balaban J connectivity index is 2.61. The summed E-state index contributed by atoms with van der Waals surface area (Å²) >= 11 is 1.83. The summed E-state index contributed by atoms with van der Waals surface area (Å²) in [6.07, 6.45) is 5.44. The number of nitrogens with one attached hydrogen (secondary N) is 1. The van der Waals surface area contributed by atoms with Gasteiger partial charge >= 0.3 is 0 Å². The molecule has 3 heteroatoms. The zero-order valence-electron chi connectivity index (χ0n) is 16.6. The third kappa shape index (κ3) is 5.02. The van der Waals surface area contributed by atoms with Crippen LogP contribution in [0.1, 0.15) is 38.3 Å². The van der Waals surface area contributed by atoms with Crippen molar-refractivity contribution in [2.45, 2.75) is 33.7 Å². The summed E-state index contributed by atoms with van der Waals surface area (Å²) in [6, 6.07) is 8.75. The molecule has 0 unspecified atom stereocenters. The highest BCUT2D eigenvalue weighted by Gasteiger charge is 2.26. The highest BCUT2D eigenvalue weighted by molar-refractivity contribution is 8.07. The van der Waals surface area contributed by atoms with Crippen LogP contribution in [0.3, 0.4) is 0 Å². The first kappa shape index (κ1) is 19.9. The maximum atomic E-state index is 4.31. The Hall–Kier alpha value is -1.45. The highest BCUT2D eigenvalue weighted by Crippen LogP contribution is 2.41. The third-order valence-electron chi connectivity index (χ3n) is 4.45. The molecule has 1 aromatic carbocycles. The predicted molar refractivity (Wildman–Crippen MR) is 114 cm³/mol. The third-order valence-corrected chi connectivity index (χ3v) is 5.29. The van der Waals surface area contributed by atoms with E-state index in [0.29, 0.717) is 0 Å². The average Bonchev–Trinajstić information content (AvgIpc) is 2.51. The van der Waals surface area contributed by atoms with Crippen LogP contribution in [0.25, 0.3) is 4.91 Å². The minimum absolute atomic E-state index is 0.261. The molecule has 1 aromatic rings. The van der Waals surface area contributed by atoms with Crippen molar-refractivity contribution in [2.75, 3.05) is 26.9 Å². The fourth-order valence-corrected chi connectivity index (χ4v) is 4.35. The molecule has 0 saturated heterocycles. The lowest BCUT2D eigenvalue weighted by atomic mass is 9.79. The molecule has 0 spiro atoms. The van der Waals surface area contributed by atoms with Gasteiger partial charge in [0.15, 0.2) is 0 Å². The molecule has 0 fully saturated rings. The summed E-state index contributed by atoms with van der Waals surface area (Å²) in [5.74, 6) is 0. The summed E-state index contributed by atoms with van der Waals surface area (Å²) in [7, 11) is 4.24. The van der Waals surface area contributed by atoms with Crippen LogP contribution in [-0.2, 0) is 6.54 Å². The van der Waals surface area contributed by atoms with Gasteiger partial charge in [-0.05, 0) is 67.0 Å². The van der Waals surface area contributed by atoms with E-state index >= 15 is 0 Å². The molecule has 0 amide bonds. The van der Waals surface area contributed by atoms with Crippen molar-refractivity contribution in [3.05, 3.63) is 64.9 Å². The lowest BCUT2D eigenvalue weighted by Gasteiger charge is -2.32. The molecular weight excluding hydrogens is 324 g/mol. The molecule has 2 rings (SSSR count). The number of thioether (sulfide) groups is 1. The van der Waals surface area contributed by atoms with Gasteiger partial charge in [0.1, 0.15) is 0 Å². The molecule has 1 aliphatic heterocycles. The van der Waals surface area contributed by atoms with E-state index in [0.717, 1.165) is 25.1 Å². The van der Waals surface area contributed by atoms with Crippen LogP contribution < -0.4 is 5.32 Å². The Morgan fingerprint density at radius 1 is 1.28 bits per heavy atom. The Kier molecular flexibility index (Phi) is 6.59. The quantitative estimate of drug-likeness (QED) is 0.696.